The fourth-order valence-corrected chi connectivity index (χ4v) is 1.20. The van der Waals surface area contributed by atoms with Crippen LogP contribution in [0.2, 0.25) is 0 Å². The van der Waals surface area contributed by atoms with Crippen molar-refractivity contribution in [3.05, 3.63) is 35.6 Å². The zero-order valence-corrected chi connectivity index (χ0v) is 7.89. The van der Waals surface area contributed by atoms with Crippen molar-refractivity contribution in [2.24, 2.45) is 0 Å². The predicted octanol–water partition coefficient (Wildman–Crippen LogP) is 2.08. The first-order valence-electron chi connectivity index (χ1n) is 4.33. The van der Waals surface area contributed by atoms with Crippen LogP contribution >= 0.6 is 0 Å². The quantitative estimate of drug-likeness (QED) is 0.587. The van der Waals surface area contributed by atoms with Gasteiger partial charge in [0.05, 0.1) is 0 Å². The van der Waals surface area contributed by atoms with E-state index in [0.717, 1.165) is 12.0 Å². The Balaban J connectivity index is 3.10. The second kappa shape index (κ2) is 3.30. The Bertz CT molecular complexity index is 268. The van der Waals surface area contributed by atoms with Crippen molar-refractivity contribution >= 4 is 7.85 Å². The monoisotopic (exact) mass is 164 g/mol. The maximum atomic E-state index is 13.3. The first-order chi connectivity index (χ1) is 5.58. The van der Waals surface area contributed by atoms with E-state index in [9.17, 15) is 4.39 Å². The molecule has 0 bridgehead atoms. The molecule has 0 fully saturated rings. The van der Waals surface area contributed by atoms with Crippen molar-refractivity contribution in [3.63, 3.8) is 0 Å². The molecule has 0 saturated heterocycles. The predicted molar refractivity (Wildman–Crippen MR) is 52.6 cm³/mol. The van der Waals surface area contributed by atoms with Crippen molar-refractivity contribution in [3.8, 4) is 0 Å². The number of hydrogen-bond donors (Lipinski definition) is 0. The molecule has 1 aromatic rings. The minimum absolute atomic E-state index is 0.0503. The molecule has 1 aromatic carbocycles. The van der Waals surface area contributed by atoms with Gasteiger partial charge in [-0.15, -0.1) is 0 Å². The third kappa shape index (κ3) is 1.68. The second-order valence-electron chi connectivity index (χ2n) is 3.72. The van der Waals surface area contributed by atoms with E-state index in [4.69, 9.17) is 0 Å². The lowest BCUT2D eigenvalue weighted by atomic mass is 9.64. The maximum absolute atomic E-state index is 13.3. The topological polar surface area (TPSA) is 0 Å². The van der Waals surface area contributed by atoms with Gasteiger partial charge in [-0.05, 0) is 16.9 Å². The highest BCUT2D eigenvalue weighted by Gasteiger charge is 2.20. The van der Waals surface area contributed by atoms with Crippen LogP contribution in [0.4, 0.5) is 4.39 Å². The second-order valence-corrected chi connectivity index (χ2v) is 3.72. The van der Waals surface area contributed by atoms with Crippen LogP contribution in [0.1, 0.15) is 25.8 Å². The summed E-state index contributed by atoms with van der Waals surface area (Å²) in [7, 11) is 2.06. The zero-order chi connectivity index (χ0) is 9.19. The minimum atomic E-state index is -0.0932. The van der Waals surface area contributed by atoms with Crippen LogP contribution in [0.3, 0.4) is 0 Å². The van der Waals surface area contributed by atoms with E-state index in [-0.39, 0.29) is 11.1 Å². The van der Waals surface area contributed by atoms with Gasteiger partial charge in [0.2, 0.25) is 0 Å². The molecular weight excluding hydrogens is 150 g/mol. The number of rotatable bonds is 2. The highest BCUT2D eigenvalue weighted by Crippen LogP contribution is 2.25. The molecule has 1 atom stereocenters. The van der Waals surface area contributed by atoms with E-state index in [1.807, 2.05) is 12.1 Å². The van der Waals surface area contributed by atoms with Gasteiger partial charge < -0.3 is 0 Å². The van der Waals surface area contributed by atoms with E-state index < -0.39 is 0 Å². The molecule has 0 N–H and O–H groups in total. The molecule has 2 heteroatoms. The van der Waals surface area contributed by atoms with E-state index >= 15 is 0 Å². The highest BCUT2D eigenvalue weighted by atomic mass is 19.1. The summed E-state index contributed by atoms with van der Waals surface area (Å²) in [5.74, 6) is -0.0932. The molecule has 12 heavy (non-hydrogen) atoms. The summed E-state index contributed by atoms with van der Waals surface area (Å²) < 4.78 is 13.3. The van der Waals surface area contributed by atoms with Crippen molar-refractivity contribution in [2.75, 3.05) is 0 Å². The van der Waals surface area contributed by atoms with E-state index in [1.165, 1.54) is 6.07 Å². The number of benzene rings is 1. The molecule has 0 amide bonds. The smallest absolute Gasteiger partial charge is 0.126 e. The molecule has 0 aromatic heterocycles. The zero-order valence-electron chi connectivity index (χ0n) is 7.89. The lowest BCUT2D eigenvalue weighted by Crippen LogP contribution is -2.22. The average molecular weight is 164 g/mol. The van der Waals surface area contributed by atoms with Crippen LogP contribution < -0.4 is 0 Å². The van der Waals surface area contributed by atoms with Gasteiger partial charge in [0.25, 0.3) is 0 Å². The summed E-state index contributed by atoms with van der Waals surface area (Å²) in [6, 6.07) is 6.99. The molecule has 1 unspecified atom stereocenters. The normalized spacial score (nSPS) is 15.6. The highest BCUT2D eigenvalue weighted by molar-refractivity contribution is 6.15. The van der Waals surface area contributed by atoms with Crippen LogP contribution in [0, 0.1) is 5.82 Å². The Morgan fingerprint density at radius 1 is 1.42 bits per heavy atom. The van der Waals surface area contributed by atoms with Crippen molar-refractivity contribution in [1.82, 2.24) is 0 Å². The van der Waals surface area contributed by atoms with Crippen molar-refractivity contribution in [1.29, 1.82) is 0 Å². The Labute approximate surface area is 74.2 Å². The molecule has 0 aliphatic heterocycles. The molecule has 0 aliphatic rings. The van der Waals surface area contributed by atoms with Crippen LogP contribution in [-0.2, 0) is 5.31 Å². The van der Waals surface area contributed by atoms with Gasteiger partial charge in [-0.3, -0.25) is 0 Å². The molecular formula is C10H14BF. The maximum Gasteiger partial charge on any atom is 0.126 e. The molecule has 0 spiro atoms. The Morgan fingerprint density at radius 3 is 2.50 bits per heavy atom. The van der Waals surface area contributed by atoms with Crippen LogP contribution in [0.25, 0.3) is 0 Å². The molecule has 0 heterocycles. The largest absolute Gasteiger partial charge is 0.207 e. The Kier molecular flexibility index (Phi) is 2.56. The van der Waals surface area contributed by atoms with Crippen LogP contribution in [0.5, 0.6) is 0 Å². The standard InChI is InChI=1S/C10H14BF/c1-3-10(2,11)8-6-4-5-7-9(8)12/h4-7H,3,11H2,1-2H3. The van der Waals surface area contributed by atoms with Gasteiger partial charge in [-0.1, -0.05) is 38.5 Å². The van der Waals surface area contributed by atoms with Gasteiger partial charge in [-0.2, -0.15) is 0 Å². The first kappa shape index (κ1) is 9.30. The summed E-state index contributed by atoms with van der Waals surface area (Å²) >= 11 is 0. The number of hydrogen-bond acceptors (Lipinski definition) is 0. The summed E-state index contributed by atoms with van der Waals surface area (Å²) in [5, 5.41) is -0.0503. The number of halogens is 1. The lowest BCUT2D eigenvalue weighted by molar-refractivity contribution is 0.556. The molecule has 0 nitrogen and oxygen atoms in total. The van der Waals surface area contributed by atoms with E-state index in [0.29, 0.717) is 0 Å². The van der Waals surface area contributed by atoms with Gasteiger partial charge in [-0.25, -0.2) is 4.39 Å². The van der Waals surface area contributed by atoms with E-state index in [2.05, 4.69) is 21.7 Å². The van der Waals surface area contributed by atoms with Gasteiger partial charge in [0.1, 0.15) is 13.7 Å². The first-order valence-corrected chi connectivity index (χ1v) is 4.33. The lowest BCUT2D eigenvalue weighted by Gasteiger charge is -2.23. The van der Waals surface area contributed by atoms with Crippen LogP contribution in [0.15, 0.2) is 24.3 Å². The molecule has 0 radical (unpaired) electrons. The van der Waals surface area contributed by atoms with Gasteiger partial charge in [0, 0.05) is 0 Å². The third-order valence-electron chi connectivity index (χ3n) is 2.49. The van der Waals surface area contributed by atoms with Crippen molar-refractivity contribution < 1.29 is 4.39 Å². The van der Waals surface area contributed by atoms with Gasteiger partial charge in [0.15, 0.2) is 0 Å². The summed E-state index contributed by atoms with van der Waals surface area (Å²) in [5.41, 5.74) is 0.813. The van der Waals surface area contributed by atoms with Crippen LogP contribution in [-0.4, -0.2) is 7.85 Å². The Hall–Kier alpha value is -0.785. The summed E-state index contributed by atoms with van der Waals surface area (Å²) in [6.45, 7) is 4.14. The molecule has 0 saturated carbocycles. The Morgan fingerprint density at radius 2 is 2.00 bits per heavy atom. The fourth-order valence-electron chi connectivity index (χ4n) is 1.20. The summed E-state index contributed by atoms with van der Waals surface area (Å²) in [6.07, 6.45) is 0.952. The SMILES string of the molecule is BC(C)(CC)c1ccccc1F. The van der Waals surface area contributed by atoms with Crippen molar-refractivity contribution in [2.45, 2.75) is 25.6 Å². The average Bonchev–Trinajstić information content (AvgIpc) is 2.05. The van der Waals surface area contributed by atoms with Gasteiger partial charge >= 0.3 is 0 Å². The van der Waals surface area contributed by atoms with E-state index in [1.54, 1.807) is 6.07 Å². The molecule has 1 rings (SSSR count). The molecule has 64 valence electrons. The molecule has 0 aliphatic carbocycles. The summed E-state index contributed by atoms with van der Waals surface area (Å²) in [4.78, 5) is 0. The minimum Gasteiger partial charge on any atom is -0.207 e. The third-order valence-corrected chi connectivity index (χ3v) is 2.49. The fraction of sp³-hybridized carbons (Fsp3) is 0.400.